The van der Waals surface area contributed by atoms with Crippen molar-refractivity contribution in [2.45, 2.75) is 52.8 Å². The van der Waals surface area contributed by atoms with Gasteiger partial charge in [0.1, 0.15) is 12.4 Å². The van der Waals surface area contributed by atoms with Crippen LogP contribution in [0.15, 0.2) is 29.3 Å². The average Bonchev–Trinajstić information content (AvgIpc) is 3.13. The number of benzene rings is 1. The van der Waals surface area contributed by atoms with Crippen LogP contribution in [0.25, 0.3) is 0 Å². The number of aliphatic imine (C=N–C) groups is 1. The lowest BCUT2D eigenvalue weighted by Gasteiger charge is -2.26. The van der Waals surface area contributed by atoms with E-state index in [9.17, 15) is 0 Å². The molecule has 2 heterocycles. The lowest BCUT2D eigenvalue weighted by molar-refractivity contribution is 0.177. The Kier molecular flexibility index (Phi) is 8.07. The molecule has 0 bridgehead atoms. The van der Waals surface area contributed by atoms with Gasteiger partial charge in [-0.05, 0) is 44.9 Å². The monoisotopic (exact) mass is 413 g/mol. The van der Waals surface area contributed by atoms with E-state index in [2.05, 4.69) is 70.7 Å². The van der Waals surface area contributed by atoms with Crippen molar-refractivity contribution in [3.63, 3.8) is 0 Å². The highest BCUT2D eigenvalue weighted by Crippen LogP contribution is 2.15. The minimum Gasteiger partial charge on any atom is -0.377 e. The van der Waals surface area contributed by atoms with Crippen molar-refractivity contribution in [3.05, 3.63) is 41.5 Å². The van der Waals surface area contributed by atoms with Gasteiger partial charge in [0.2, 0.25) is 0 Å². The van der Waals surface area contributed by atoms with Crippen LogP contribution in [0, 0.1) is 6.92 Å². The fourth-order valence-electron chi connectivity index (χ4n) is 3.76. The Morgan fingerprint density at radius 2 is 2.23 bits per heavy atom. The van der Waals surface area contributed by atoms with Crippen LogP contribution in [-0.4, -0.2) is 60.1 Å². The molecule has 2 aromatic rings. The van der Waals surface area contributed by atoms with Gasteiger partial charge in [-0.1, -0.05) is 12.1 Å². The van der Waals surface area contributed by atoms with E-state index < -0.39 is 0 Å². The Labute approximate surface area is 179 Å². The van der Waals surface area contributed by atoms with Crippen LogP contribution in [0.2, 0.25) is 0 Å². The number of rotatable bonds is 9. The number of ether oxygens (including phenoxy) is 1. The molecule has 0 spiro atoms. The molecule has 0 saturated heterocycles. The number of likely N-dealkylation sites (N-methyl/N-ethyl adjacent to an activating group) is 1. The third-order valence-corrected chi connectivity index (χ3v) is 5.25. The molecule has 1 aromatic carbocycles. The fraction of sp³-hybridized carbons (Fsp3) is 0.591. The van der Waals surface area contributed by atoms with Crippen molar-refractivity contribution in [3.8, 4) is 0 Å². The summed E-state index contributed by atoms with van der Waals surface area (Å²) in [6.45, 7) is 11.1. The van der Waals surface area contributed by atoms with E-state index in [4.69, 9.17) is 9.73 Å². The maximum atomic E-state index is 5.15. The summed E-state index contributed by atoms with van der Waals surface area (Å²) in [5.74, 6) is 2.66. The molecule has 1 aromatic heterocycles. The van der Waals surface area contributed by atoms with Gasteiger partial charge in [-0.3, -0.25) is 4.99 Å². The molecule has 164 valence electrons. The molecule has 1 aliphatic rings. The van der Waals surface area contributed by atoms with Crippen LogP contribution >= 0.6 is 0 Å². The van der Waals surface area contributed by atoms with Crippen molar-refractivity contribution < 1.29 is 4.74 Å². The molecule has 0 radical (unpaired) electrons. The summed E-state index contributed by atoms with van der Waals surface area (Å²) in [5.41, 5.74) is 2.53. The Morgan fingerprint density at radius 1 is 1.37 bits per heavy atom. The first-order chi connectivity index (χ1) is 14.6. The van der Waals surface area contributed by atoms with Crippen molar-refractivity contribution in [1.29, 1.82) is 0 Å². The molecule has 0 aliphatic carbocycles. The number of nitrogens with zero attached hydrogens (tertiary/aromatic N) is 5. The van der Waals surface area contributed by atoms with E-state index >= 15 is 0 Å². The SMILES string of the molecule is CCNC(=NCCN(CC)c1cccc(C)c1)NC1CCc2nc(COC)nn2C1. The van der Waals surface area contributed by atoms with Crippen LogP contribution in [-0.2, 0) is 24.3 Å². The number of fused-ring (bicyclic) bond motifs is 1. The number of anilines is 1. The fourth-order valence-corrected chi connectivity index (χ4v) is 3.76. The number of hydrogen-bond donors (Lipinski definition) is 2. The molecule has 0 amide bonds. The number of nitrogens with one attached hydrogen (secondary N) is 2. The molecule has 1 atom stereocenters. The third-order valence-electron chi connectivity index (χ3n) is 5.25. The van der Waals surface area contributed by atoms with Crippen molar-refractivity contribution in [1.82, 2.24) is 25.4 Å². The smallest absolute Gasteiger partial charge is 0.191 e. The second-order valence-corrected chi connectivity index (χ2v) is 7.62. The predicted octanol–water partition coefficient (Wildman–Crippen LogP) is 2.13. The summed E-state index contributed by atoms with van der Waals surface area (Å²) >= 11 is 0. The zero-order valence-electron chi connectivity index (χ0n) is 18.7. The summed E-state index contributed by atoms with van der Waals surface area (Å²) in [6.07, 6.45) is 1.92. The molecular formula is C22H35N7O. The van der Waals surface area contributed by atoms with Crippen LogP contribution in [0.1, 0.15) is 37.5 Å². The Balaban J connectivity index is 1.57. The second-order valence-electron chi connectivity index (χ2n) is 7.62. The molecule has 8 heteroatoms. The minimum absolute atomic E-state index is 0.284. The highest BCUT2D eigenvalue weighted by Gasteiger charge is 2.22. The highest BCUT2D eigenvalue weighted by molar-refractivity contribution is 5.80. The van der Waals surface area contributed by atoms with E-state index in [1.807, 2.05) is 4.68 Å². The lowest BCUT2D eigenvalue weighted by atomic mass is 10.1. The summed E-state index contributed by atoms with van der Waals surface area (Å²) < 4.78 is 7.15. The van der Waals surface area contributed by atoms with Gasteiger partial charge in [-0.25, -0.2) is 9.67 Å². The van der Waals surface area contributed by atoms with Gasteiger partial charge in [0.05, 0.1) is 13.1 Å². The summed E-state index contributed by atoms with van der Waals surface area (Å²) in [5, 5.41) is 11.5. The molecule has 0 saturated carbocycles. The Morgan fingerprint density at radius 3 is 2.97 bits per heavy atom. The third kappa shape index (κ3) is 5.95. The average molecular weight is 414 g/mol. The molecule has 3 rings (SSSR count). The minimum atomic E-state index is 0.284. The quantitative estimate of drug-likeness (QED) is 0.484. The van der Waals surface area contributed by atoms with E-state index in [-0.39, 0.29) is 6.04 Å². The maximum Gasteiger partial charge on any atom is 0.191 e. The van der Waals surface area contributed by atoms with Gasteiger partial charge in [0, 0.05) is 44.9 Å². The van der Waals surface area contributed by atoms with E-state index in [0.717, 1.165) is 63.2 Å². The molecule has 0 fully saturated rings. The Hall–Kier alpha value is -2.61. The van der Waals surface area contributed by atoms with Gasteiger partial charge in [-0.2, -0.15) is 5.10 Å². The zero-order chi connectivity index (χ0) is 21.3. The first-order valence-electron chi connectivity index (χ1n) is 10.9. The number of guanidine groups is 1. The van der Waals surface area contributed by atoms with Crippen LogP contribution in [0.3, 0.4) is 0 Å². The van der Waals surface area contributed by atoms with Crippen LogP contribution in [0.4, 0.5) is 5.69 Å². The first-order valence-corrected chi connectivity index (χ1v) is 10.9. The molecule has 1 aliphatic heterocycles. The van der Waals surface area contributed by atoms with Gasteiger partial charge >= 0.3 is 0 Å². The molecule has 1 unspecified atom stereocenters. The van der Waals surface area contributed by atoms with Crippen molar-refractivity contribution in [2.75, 3.05) is 38.2 Å². The van der Waals surface area contributed by atoms with Crippen LogP contribution < -0.4 is 15.5 Å². The Bertz CT molecular complexity index is 833. The summed E-state index contributed by atoms with van der Waals surface area (Å²) in [7, 11) is 1.67. The van der Waals surface area contributed by atoms with Gasteiger partial charge in [0.15, 0.2) is 11.8 Å². The molecule has 8 nitrogen and oxygen atoms in total. The van der Waals surface area contributed by atoms with Gasteiger partial charge in [0.25, 0.3) is 0 Å². The summed E-state index contributed by atoms with van der Waals surface area (Å²) in [4.78, 5) is 11.7. The topological polar surface area (TPSA) is 79.6 Å². The lowest BCUT2D eigenvalue weighted by Crippen LogP contribution is -2.47. The number of hydrogen-bond acceptors (Lipinski definition) is 5. The zero-order valence-corrected chi connectivity index (χ0v) is 18.7. The summed E-state index contributed by atoms with van der Waals surface area (Å²) in [6, 6.07) is 8.92. The molecule has 30 heavy (non-hydrogen) atoms. The van der Waals surface area contributed by atoms with E-state index in [1.54, 1.807) is 7.11 Å². The van der Waals surface area contributed by atoms with Crippen LogP contribution in [0.5, 0.6) is 0 Å². The van der Waals surface area contributed by atoms with E-state index in [0.29, 0.717) is 6.61 Å². The maximum absolute atomic E-state index is 5.15. The van der Waals surface area contributed by atoms with Gasteiger partial charge < -0.3 is 20.3 Å². The first kappa shape index (κ1) is 22.1. The number of aromatic nitrogens is 3. The number of aryl methyl sites for hydroxylation is 2. The van der Waals surface area contributed by atoms with Crippen molar-refractivity contribution in [2.24, 2.45) is 4.99 Å². The van der Waals surface area contributed by atoms with Crippen molar-refractivity contribution >= 4 is 11.6 Å². The van der Waals surface area contributed by atoms with Gasteiger partial charge in [-0.15, -0.1) is 0 Å². The number of methoxy groups -OCH3 is 1. The molecule has 2 N–H and O–H groups in total. The predicted molar refractivity (Wildman–Crippen MR) is 121 cm³/mol. The normalized spacial score (nSPS) is 16.3. The standard InChI is InChI=1S/C22H35N7O/c1-5-23-22(24-12-13-28(6-2)19-9-7-8-17(3)14-19)25-18-10-11-21-26-20(16-30-4)27-29(21)15-18/h7-9,14,18H,5-6,10-13,15-16H2,1-4H3,(H2,23,24,25). The second kappa shape index (κ2) is 11.0. The molecular weight excluding hydrogens is 378 g/mol. The largest absolute Gasteiger partial charge is 0.377 e. The highest BCUT2D eigenvalue weighted by atomic mass is 16.5. The van der Waals surface area contributed by atoms with E-state index in [1.165, 1.54) is 11.3 Å².